The molecule has 0 saturated carbocycles. The van der Waals surface area contributed by atoms with Crippen LogP contribution in [0.2, 0.25) is 0 Å². The Morgan fingerprint density at radius 3 is 2.36 bits per heavy atom. The van der Waals surface area contributed by atoms with Gasteiger partial charge in [0.1, 0.15) is 11.9 Å². The third-order valence-corrected chi connectivity index (χ3v) is 11.4. The predicted octanol–water partition coefficient (Wildman–Crippen LogP) is 4.40. The molecule has 1 amide bonds. The third-order valence-electron chi connectivity index (χ3n) is 7.77. The summed E-state index contributed by atoms with van der Waals surface area (Å²) in [6.45, 7) is 8.10. The van der Waals surface area contributed by atoms with E-state index in [1.807, 2.05) is 44.2 Å². The van der Waals surface area contributed by atoms with Crippen LogP contribution in [0.3, 0.4) is 0 Å². The van der Waals surface area contributed by atoms with E-state index >= 15 is 0 Å². The summed E-state index contributed by atoms with van der Waals surface area (Å²) in [6, 6.07) is 14.1. The molecule has 15 heteroatoms. The Hall–Kier alpha value is -2.55. The lowest BCUT2D eigenvalue weighted by Crippen LogP contribution is -2.51. The van der Waals surface area contributed by atoms with E-state index in [-0.39, 0.29) is 74.4 Å². The Labute approximate surface area is 277 Å². The van der Waals surface area contributed by atoms with Gasteiger partial charge < -0.3 is 38.4 Å². The number of carbonyl (C=O) groups excluding carboxylic acids is 1. The van der Waals surface area contributed by atoms with Crippen LogP contribution in [0.4, 0.5) is 4.79 Å². The van der Waals surface area contributed by atoms with Crippen molar-refractivity contribution >= 4 is 23.7 Å². The maximum atomic E-state index is 13.9. The minimum atomic E-state index is -4.09. The van der Waals surface area contributed by atoms with E-state index in [9.17, 15) is 22.9 Å². The summed E-state index contributed by atoms with van der Waals surface area (Å²) in [7, 11) is -7.56. The van der Waals surface area contributed by atoms with Crippen LogP contribution in [0.1, 0.15) is 39.7 Å². The molecular formula is C32H47N2O11PS. The predicted molar refractivity (Wildman–Crippen MR) is 174 cm³/mol. The number of benzene rings is 2. The summed E-state index contributed by atoms with van der Waals surface area (Å²) in [5.74, 6) is 0.161. The molecule has 2 aromatic rings. The Morgan fingerprint density at radius 1 is 1.04 bits per heavy atom. The summed E-state index contributed by atoms with van der Waals surface area (Å²) in [5, 5.41) is 14.3. The van der Waals surface area contributed by atoms with E-state index in [1.54, 1.807) is 13.8 Å². The maximum absolute atomic E-state index is 13.9. The normalized spacial score (nSPS) is 21.0. The standard InChI is InChI=1S/C32H47N2O11PS/c1-5-43-46(37,44-6-2)22-42-25-12-14-26(15-13-25)47(38,39)34(19-23(3)4)20-29(35)28(18-24-10-8-7-9-11-24)33-32(36)45-30-21-41-31-27(30)16-17-40-31/h7-15,23,27-31,35H,5-6,16-22H2,1-4H3,(H,33,36)/t27-,28-,29+,30-,31+/m0/s1. The number of carbonyl (C=O) groups is 1. The minimum Gasteiger partial charge on any atom is -0.481 e. The number of sulfonamides is 1. The molecule has 0 radical (unpaired) electrons. The number of hydrogen-bond acceptors (Lipinski definition) is 11. The average Bonchev–Trinajstić information content (AvgIpc) is 3.65. The lowest BCUT2D eigenvalue weighted by atomic mass is 10.0. The number of amides is 1. The van der Waals surface area contributed by atoms with Gasteiger partial charge in [-0.25, -0.2) is 13.2 Å². The fraction of sp³-hybridized carbons (Fsp3) is 0.594. The number of aliphatic hydroxyl groups is 1. The number of hydrogen-bond donors (Lipinski definition) is 2. The van der Waals surface area contributed by atoms with Gasteiger partial charge in [0.15, 0.2) is 12.6 Å². The molecule has 5 atom stereocenters. The first-order chi connectivity index (χ1) is 22.4. The molecule has 2 saturated heterocycles. The van der Waals surface area contributed by atoms with Gasteiger partial charge in [-0.05, 0) is 62.4 Å². The first-order valence-electron chi connectivity index (χ1n) is 16.0. The Bertz CT molecular complexity index is 1420. The largest absolute Gasteiger partial charge is 0.481 e. The van der Waals surface area contributed by atoms with Gasteiger partial charge in [-0.3, -0.25) is 4.57 Å². The van der Waals surface area contributed by atoms with Crippen LogP contribution in [0, 0.1) is 11.8 Å². The van der Waals surface area contributed by atoms with Crippen molar-refractivity contribution in [2.24, 2.45) is 11.8 Å². The molecule has 262 valence electrons. The molecule has 4 rings (SSSR count). The summed E-state index contributed by atoms with van der Waals surface area (Å²) >= 11 is 0. The molecule has 2 heterocycles. The molecule has 2 N–H and O–H groups in total. The summed E-state index contributed by atoms with van der Waals surface area (Å²) < 4.78 is 74.6. The highest BCUT2D eigenvalue weighted by molar-refractivity contribution is 7.89. The van der Waals surface area contributed by atoms with E-state index < -0.39 is 42.0 Å². The summed E-state index contributed by atoms with van der Waals surface area (Å²) in [5.41, 5.74) is 0.845. The van der Waals surface area contributed by atoms with Gasteiger partial charge in [-0.2, -0.15) is 4.31 Å². The van der Waals surface area contributed by atoms with Crippen LogP contribution >= 0.6 is 7.60 Å². The summed E-state index contributed by atoms with van der Waals surface area (Å²) in [4.78, 5) is 13.1. The van der Waals surface area contributed by atoms with E-state index in [0.29, 0.717) is 6.61 Å². The molecular weight excluding hydrogens is 651 g/mol. The smallest absolute Gasteiger partial charge is 0.407 e. The van der Waals surface area contributed by atoms with E-state index in [4.69, 9.17) is 28.0 Å². The Kier molecular flexibility index (Phi) is 13.6. The zero-order valence-electron chi connectivity index (χ0n) is 27.4. The van der Waals surface area contributed by atoms with Crippen LogP contribution in [0.5, 0.6) is 5.75 Å². The molecule has 2 fully saturated rings. The van der Waals surface area contributed by atoms with Gasteiger partial charge in [-0.1, -0.05) is 44.2 Å². The van der Waals surface area contributed by atoms with Gasteiger partial charge in [0, 0.05) is 13.1 Å². The SMILES string of the molecule is CCOP(=O)(COc1ccc(S(=O)(=O)N(CC(C)C)C[C@@H](O)[C@H](Cc2ccccc2)NC(=O)O[C@H]2CO[C@H]3OCC[C@H]32)cc1)OCC. The lowest BCUT2D eigenvalue weighted by Gasteiger charge is -2.31. The molecule has 0 aliphatic carbocycles. The van der Waals surface area contributed by atoms with E-state index in [1.165, 1.54) is 28.6 Å². The highest BCUT2D eigenvalue weighted by Gasteiger charge is 2.44. The number of fused-ring (bicyclic) bond motifs is 1. The fourth-order valence-electron chi connectivity index (χ4n) is 5.55. The molecule has 0 unspecified atom stereocenters. The Morgan fingerprint density at radius 2 is 1.72 bits per heavy atom. The molecule has 0 bridgehead atoms. The van der Waals surface area contributed by atoms with Crippen LogP contribution in [0.15, 0.2) is 59.5 Å². The third kappa shape index (κ3) is 10.5. The summed E-state index contributed by atoms with van der Waals surface area (Å²) in [6.07, 6.45) is -2.25. The number of rotatable bonds is 18. The average molecular weight is 699 g/mol. The second-order valence-corrected chi connectivity index (χ2v) is 15.8. The highest BCUT2D eigenvalue weighted by atomic mass is 32.2. The number of aliphatic hydroxyl groups excluding tert-OH is 1. The first-order valence-corrected chi connectivity index (χ1v) is 19.1. The van der Waals surface area contributed by atoms with Crippen molar-refractivity contribution in [3.63, 3.8) is 0 Å². The zero-order chi connectivity index (χ0) is 34.0. The van der Waals surface area contributed by atoms with Gasteiger partial charge in [0.05, 0.1) is 49.4 Å². The second-order valence-electron chi connectivity index (χ2n) is 11.9. The highest BCUT2D eigenvalue weighted by Crippen LogP contribution is 2.48. The van der Waals surface area contributed by atoms with Crippen molar-refractivity contribution in [2.45, 2.75) is 70.0 Å². The Balaban J connectivity index is 1.47. The molecule has 13 nitrogen and oxygen atoms in total. The van der Waals surface area contributed by atoms with Crippen molar-refractivity contribution in [2.75, 3.05) is 45.9 Å². The first kappa shape index (κ1) is 37.3. The van der Waals surface area contributed by atoms with Crippen molar-refractivity contribution in [1.29, 1.82) is 0 Å². The molecule has 2 aliphatic rings. The van der Waals surface area contributed by atoms with Gasteiger partial charge in [0.25, 0.3) is 0 Å². The van der Waals surface area contributed by atoms with Crippen molar-refractivity contribution in [1.82, 2.24) is 9.62 Å². The number of nitrogens with zero attached hydrogens (tertiary/aromatic N) is 1. The van der Waals surface area contributed by atoms with Crippen molar-refractivity contribution < 1.29 is 50.9 Å². The van der Waals surface area contributed by atoms with Gasteiger partial charge >= 0.3 is 13.7 Å². The second kappa shape index (κ2) is 17.2. The maximum Gasteiger partial charge on any atom is 0.407 e. The van der Waals surface area contributed by atoms with Crippen LogP contribution in [0.25, 0.3) is 0 Å². The van der Waals surface area contributed by atoms with Crippen LogP contribution in [-0.2, 0) is 44.3 Å². The zero-order valence-corrected chi connectivity index (χ0v) is 29.1. The van der Waals surface area contributed by atoms with Gasteiger partial charge in [0.2, 0.25) is 10.0 Å². The number of ether oxygens (including phenoxy) is 4. The van der Waals surface area contributed by atoms with Crippen molar-refractivity contribution in [3.8, 4) is 5.75 Å². The minimum absolute atomic E-state index is 0.0166. The molecule has 0 aromatic heterocycles. The van der Waals surface area contributed by atoms with E-state index in [2.05, 4.69) is 5.32 Å². The van der Waals surface area contributed by atoms with E-state index in [0.717, 1.165) is 12.0 Å². The number of nitrogens with one attached hydrogen (secondary N) is 1. The molecule has 2 aromatic carbocycles. The van der Waals surface area contributed by atoms with Crippen molar-refractivity contribution in [3.05, 3.63) is 60.2 Å². The fourth-order valence-corrected chi connectivity index (χ4v) is 8.49. The quantitative estimate of drug-likeness (QED) is 0.213. The van der Waals surface area contributed by atoms with Crippen LogP contribution in [-0.4, -0.2) is 94.3 Å². The van der Waals surface area contributed by atoms with Crippen LogP contribution < -0.4 is 10.1 Å². The monoisotopic (exact) mass is 698 g/mol. The number of alkyl carbamates (subject to hydrolysis) is 1. The lowest BCUT2D eigenvalue weighted by molar-refractivity contribution is -0.0907. The topological polar surface area (TPSA) is 159 Å². The molecule has 0 spiro atoms. The molecule has 2 aliphatic heterocycles. The molecule has 47 heavy (non-hydrogen) atoms. The van der Waals surface area contributed by atoms with Gasteiger partial charge in [-0.15, -0.1) is 0 Å².